The highest BCUT2D eigenvalue weighted by molar-refractivity contribution is 5.71. The Bertz CT molecular complexity index is 549. The predicted molar refractivity (Wildman–Crippen MR) is 70.9 cm³/mol. The summed E-state index contributed by atoms with van der Waals surface area (Å²) in [6.45, 7) is 2.07. The Balaban J connectivity index is 2.61. The second-order valence-electron chi connectivity index (χ2n) is 3.89. The number of nitrogens with one attached hydrogen (secondary N) is 1. The van der Waals surface area contributed by atoms with Crippen molar-refractivity contribution >= 4 is 5.82 Å². The molecular weight excluding hydrogens is 230 g/mol. The highest BCUT2D eigenvalue weighted by Crippen LogP contribution is 2.38. The van der Waals surface area contributed by atoms with Gasteiger partial charge in [0.2, 0.25) is 0 Å². The van der Waals surface area contributed by atoms with Crippen molar-refractivity contribution in [3.8, 4) is 22.8 Å². The van der Waals surface area contributed by atoms with Crippen molar-refractivity contribution in [1.29, 1.82) is 0 Å². The topological polar surface area (TPSA) is 73.2 Å². The summed E-state index contributed by atoms with van der Waals surface area (Å²) in [7, 11) is 3.27. The van der Waals surface area contributed by atoms with E-state index in [2.05, 4.69) is 17.1 Å². The number of anilines is 1. The molecule has 1 aromatic heterocycles. The Morgan fingerprint density at radius 1 is 1.28 bits per heavy atom. The Morgan fingerprint density at radius 2 is 2.06 bits per heavy atom. The van der Waals surface area contributed by atoms with E-state index in [4.69, 9.17) is 15.2 Å². The van der Waals surface area contributed by atoms with Crippen molar-refractivity contribution in [3.63, 3.8) is 0 Å². The molecule has 5 nitrogen and oxygen atoms in total. The fourth-order valence-corrected chi connectivity index (χ4v) is 2.07. The van der Waals surface area contributed by atoms with Gasteiger partial charge in [-0.2, -0.15) is 5.10 Å². The standard InChI is InChI=1S/C13H17N3O2/c1-4-8-9(10-7-12(14)16-15-10)5-6-11(17-2)13(8)18-3/h5-7H,4H2,1-3H3,(H3,14,15,16). The molecule has 0 atom stereocenters. The summed E-state index contributed by atoms with van der Waals surface area (Å²) in [5.74, 6) is 1.96. The molecule has 0 unspecified atom stereocenters. The molecule has 0 spiro atoms. The number of aromatic nitrogens is 2. The summed E-state index contributed by atoms with van der Waals surface area (Å²) in [4.78, 5) is 0. The maximum atomic E-state index is 5.64. The van der Waals surface area contributed by atoms with Crippen LogP contribution in [0, 0.1) is 0 Å². The van der Waals surface area contributed by atoms with Gasteiger partial charge in [-0.1, -0.05) is 6.92 Å². The van der Waals surface area contributed by atoms with Crippen molar-refractivity contribution in [2.24, 2.45) is 0 Å². The van der Waals surface area contributed by atoms with E-state index < -0.39 is 0 Å². The molecule has 0 fully saturated rings. The molecule has 5 heteroatoms. The number of rotatable bonds is 4. The number of nitrogens with two attached hydrogens (primary N) is 1. The van der Waals surface area contributed by atoms with E-state index in [1.807, 2.05) is 12.1 Å². The number of aromatic amines is 1. The molecule has 1 aromatic carbocycles. The van der Waals surface area contributed by atoms with E-state index >= 15 is 0 Å². The first-order valence-corrected chi connectivity index (χ1v) is 5.76. The molecular formula is C13H17N3O2. The van der Waals surface area contributed by atoms with Gasteiger partial charge in [-0.15, -0.1) is 0 Å². The van der Waals surface area contributed by atoms with Gasteiger partial charge in [0.1, 0.15) is 5.82 Å². The highest BCUT2D eigenvalue weighted by atomic mass is 16.5. The molecule has 0 aliphatic rings. The van der Waals surface area contributed by atoms with Crippen LogP contribution in [0.5, 0.6) is 11.5 Å². The summed E-state index contributed by atoms with van der Waals surface area (Å²) < 4.78 is 10.7. The van der Waals surface area contributed by atoms with Crippen molar-refractivity contribution < 1.29 is 9.47 Å². The van der Waals surface area contributed by atoms with Crippen LogP contribution in [-0.2, 0) is 6.42 Å². The van der Waals surface area contributed by atoms with Crippen molar-refractivity contribution in [2.45, 2.75) is 13.3 Å². The van der Waals surface area contributed by atoms with Crippen molar-refractivity contribution in [1.82, 2.24) is 10.2 Å². The van der Waals surface area contributed by atoms with Crippen LogP contribution < -0.4 is 15.2 Å². The number of methoxy groups -OCH3 is 2. The smallest absolute Gasteiger partial charge is 0.164 e. The SMILES string of the molecule is CCc1c(-c2cc(N)n[nH]2)ccc(OC)c1OC. The zero-order chi connectivity index (χ0) is 13.1. The minimum atomic E-state index is 0.474. The minimum Gasteiger partial charge on any atom is -0.493 e. The molecule has 3 N–H and O–H groups in total. The molecule has 96 valence electrons. The average Bonchev–Trinajstić information content (AvgIpc) is 2.83. The lowest BCUT2D eigenvalue weighted by atomic mass is 10.0. The quantitative estimate of drug-likeness (QED) is 0.869. The summed E-state index contributed by atoms with van der Waals surface area (Å²) in [5.41, 5.74) is 8.61. The van der Waals surface area contributed by atoms with E-state index in [1.54, 1.807) is 20.3 Å². The second-order valence-corrected chi connectivity index (χ2v) is 3.89. The highest BCUT2D eigenvalue weighted by Gasteiger charge is 2.15. The van der Waals surface area contributed by atoms with Gasteiger partial charge in [0.05, 0.1) is 19.9 Å². The van der Waals surface area contributed by atoms with Gasteiger partial charge >= 0.3 is 0 Å². The molecule has 18 heavy (non-hydrogen) atoms. The third kappa shape index (κ3) is 1.99. The molecule has 2 rings (SSSR count). The molecule has 2 aromatic rings. The number of hydrogen-bond acceptors (Lipinski definition) is 4. The van der Waals surface area contributed by atoms with Crippen LogP contribution in [0.3, 0.4) is 0 Å². The van der Waals surface area contributed by atoms with Crippen molar-refractivity contribution in [3.05, 3.63) is 23.8 Å². The van der Waals surface area contributed by atoms with Crippen LogP contribution in [0.1, 0.15) is 12.5 Å². The first-order chi connectivity index (χ1) is 8.71. The molecule has 0 radical (unpaired) electrons. The van der Waals surface area contributed by atoms with Gasteiger partial charge in [0.25, 0.3) is 0 Å². The van der Waals surface area contributed by atoms with Gasteiger partial charge in [-0.05, 0) is 18.6 Å². The Morgan fingerprint density at radius 3 is 2.56 bits per heavy atom. The minimum absolute atomic E-state index is 0.474. The average molecular weight is 247 g/mol. The molecule has 0 amide bonds. The van der Waals surface area contributed by atoms with Crippen LogP contribution >= 0.6 is 0 Å². The van der Waals surface area contributed by atoms with Crippen LogP contribution in [0.4, 0.5) is 5.82 Å². The maximum absolute atomic E-state index is 5.64. The fourth-order valence-electron chi connectivity index (χ4n) is 2.07. The summed E-state index contributed by atoms with van der Waals surface area (Å²) in [6, 6.07) is 5.66. The number of benzene rings is 1. The van der Waals surface area contributed by atoms with Crippen molar-refractivity contribution in [2.75, 3.05) is 20.0 Å². The first-order valence-electron chi connectivity index (χ1n) is 5.76. The van der Waals surface area contributed by atoms with Gasteiger partial charge in [0.15, 0.2) is 11.5 Å². The predicted octanol–water partition coefficient (Wildman–Crippen LogP) is 2.24. The molecule has 0 aliphatic heterocycles. The largest absolute Gasteiger partial charge is 0.493 e. The lowest BCUT2D eigenvalue weighted by molar-refractivity contribution is 0.352. The monoisotopic (exact) mass is 247 g/mol. The molecule has 0 saturated heterocycles. The zero-order valence-electron chi connectivity index (χ0n) is 10.8. The number of H-pyrrole nitrogens is 1. The number of nitrogen functional groups attached to an aromatic ring is 1. The van der Waals surface area contributed by atoms with Gasteiger partial charge < -0.3 is 15.2 Å². The van der Waals surface area contributed by atoms with E-state index in [0.29, 0.717) is 5.82 Å². The number of ether oxygens (including phenoxy) is 2. The third-order valence-corrected chi connectivity index (χ3v) is 2.89. The molecule has 0 bridgehead atoms. The van der Waals surface area contributed by atoms with Crippen LogP contribution in [0.2, 0.25) is 0 Å². The van der Waals surface area contributed by atoms with E-state index in [1.165, 1.54) is 0 Å². The van der Waals surface area contributed by atoms with Crippen LogP contribution in [0.25, 0.3) is 11.3 Å². The molecule has 1 heterocycles. The Hall–Kier alpha value is -2.17. The van der Waals surface area contributed by atoms with Gasteiger partial charge in [0, 0.05) is 17.2 Å². The number of hydrogen-bond donors (Lipinski definition) is 2. The summed E-state index contributed by atoms with van der Waals surface area (Å²) >= 11 is 0. The van der Waals surface area contributed by atoms with Gasteiger partial charge in [-0.3, -0.25) is 5.10 Å². The zero-order valence-corrected chi connectivity index (χ0v) is 10.8. The fraction of sp³-hybridized carbons (Fsp3) is 0.308. The lowest BCUT2D eigenvalue weighted by Gasteiger charge is -2.15. The van der Waals surface area contributed by atoms with E-state index in [9.17, 15) is 0 Å². The molecule has 0 saturated carbocycles. The van der Waals surface area contributed by atoms with E-state index in [0.717, 1.165) is 34.7 Å². The second kappa shape index (κ2) is 5.00. The Kier molecular flexibility index (Phi) is 3.41. The first kappa shape index (κ1) is 12.3. The molecule has 0 aliphatic carbocycles. The maximum Gasteiger partial charge on any atom is 0.164 e. The number of nitrogens with zero attached hydrogens (tertiary/aromatic N) is 1. The lowest BCUT2D eigenvalue weighted by Crippen LogP contribution is -1.98. The summed E-state index contributed by atoms with van der Waals surface area (Å²) in [6.07, 6.45) is 0.828. The van der Waals surface area contributed by atoms with Gasteiger partial charge in [-0.25, -0.2) is 0 Å². The van der Waals surface area contributed by atoms with Crippen LogP contribution in [-0.4, -0.2) is 24.4 Å². The summed E-state index contributed by atoms with van der Waals surface area (Å²) in [5, 5.41) is 6.86. The Labute approximate surface area is 106 Å². The van der Waals surface area contributed by atoms with E-state index in [-0.39, 0.29) is 0 Å². The normalized spacial score (nSPS) is 10.4. The third-order valence-electron chi connectivity index (χ3n) is 2.89. The van der Waals surface area contributed by atoms with Crippen LogP contribution in [0.15, 0.2) is 18.2 Å².